The molecule has 0 N–H and O–H groups in total. The Morgan fingerprint density at radius 2 is 2.60 bits per heavy atom. The van der Waals surface area contributed by atoms with E-state index in [1.807, 2.05) is 0 Å². The number of nitrogens with zero attached hydrogens (tertiary/aromatic N) is 1. The first kappa shape index (κ1) is 5.71. The van der Waals surface area contributed by atoms with Gasteiger partial charge in [-0.2, -0.15) is 0 Å². The van der Waals surface area contributed by atoms with E-state index in [0.717, 1.165) is 17.1 Å². The standard InChI is InChI=1S/C8H9NO/c1-6-2-3-7-5-9-10-8(7)4-6/h3-6H,2H2,1H3. The minimum absolute atomic E-state index is 0.598. The number of aromatic nitrogens is 1. The average Bonchev–Trinajstić information content (AvgIpc) is 2.33. The lowest BCUT2D eigenvalue weighted by atomic mass is 10.0. The highest BCUT2D eigenvalue weighted by Gasteiger charge is 2.02. The SMILES string of the molecule is CC1C=c2oncc2=CC1. The number of fused-ring (bicyclic) bond motifs is 1. The highest BCUT2D eigenvalue weighted by molar-refractivity contribution is 5.35. The molecule has 1 aliphatic rings. The van der Waals surface area contributed by atoms with E-state index in [-0.39, 0.29) is 0 Å². The van der Waals surface area contributed by atoms with Crippen molar-refractivity contribution in [3.8, 4) is 0 Å². The molecule has 2 rings (SSSR count). The summed E-state index contributed by atoms with van der Waals surface area (Å²) in [5.74, 6) is 0.598. The van der Waals surface area contributed by atoms with Crippen LogP contribution in [0.2, 0.25) is 0 Å². The van der Waals surface area contributed by atoms with Crippen LogP contribution in [0.25, 0.3) is 12.2 Å². The first-order valence-electron chi connectivity index (χ1n) is 3.49. The summed E-state index contributed by atoms with van der Waals surface area (Å²) in [6, 6.07) is 0. The summed E-state index contributed by atoms with van der Waals surface area (Å²) in [7, 11) is 0. The number of hydrogen-bond donors (Lipinski definition) is 0. The normalized spacial score (nSPS) is 22.7. The highest BCUT2D eigenvalue weighted by Crippen LogP contribution is 2.05. The summed E-state index contributed by atoms with van der Waals surface area (Å²) < 4.78 is 4.99. The Bertz CT molecular complexity index is 336. The number of rotatable bonds is 0. The van der Waals surface area contributed by atoms with Gasteiger partial charge in [0.15, 0.2) is 5.42 Å². The van der Waals surface area contributed by atoms with E-state index in [1.165, 1.54) is 0 Å². The molecular weight excluding hydrogens is 126 g/mol. The largest absolute Gasteiger partial charge is 0.357 e. The van der Waals surface area contributed by atoms with Crippen LogP contribution in [0.5, 0.6) is 0 Å². The molecule has 52 valence electrons. The Kier molecular flexibility index (Phi) is 1.13. The molecule has 0 amide bonds. The third-order valence-electron chi connectivity index (χ3n) is 1.77. The van der Waals surface area contributed by atoms with Crippen LogP contribution in [-0.4, -0.2) is 5.16 Å². The fourth-order valence-corrected chi connectivity index (χ4v) is 1.18. The van der Waals surface area contributed by atoms with Gasteiger partial charge in [-0.15, -0.1) is 0 Å². The Hall–Kier alpha value is -1.05. The van der Waals surface area contributed by atoms with Crippen LogP contribution in [-0.2, 0) is 0 Å². The first-order valence-corrected chi connectivity index (χ1v) is 3.49. The van der Waals surface area contributed by atoms with E-state index >= 15 is 0 Å². The van der Waals surface area contributed by atoms with Crippen molar-refractivity contribution in [1.29, 1.82) is 0 Å². The Morgan fingerprint density at radius 1 is 1.70 bits per heavy atom. The van der Waals surface area contributed by atoms with E-state index in [1.54, 1.807) is 6.20 Å². The molecule has 1 unspecified atom stereocenters. The maximum absolute atomic E-state index is 4.99. The van der Waals surface area contributed by atoms with Crippen molar-refractivity contribution in [1.82, 2.24) is 5.16 Å². The molecule has 1 atom stereocenters. The lowest BCUT2D eigenvalue weighted by Gasteiger charge is -2.01. The van der Waals surface area contributed by atoms with Crippen LogP contribution in [0.4, 0.5) is 0 Å². The van der Waals surface area contributed by atoms with Crippen molar-refractivity contribution in [3.05, 3.63) is 16.8 Å². The quantitative estimate of drug-likeness (QED) is 0.510. The maximum Gasteiger partial charge on any atom is 0.162 e. The third kappa shape index (κ3) is 0.764. The molecule has 0 bridgehead atoms. The van der Waals surface area contributed by atoms with Crippen LogP contribution >= 0.6 is 0 Å². The molecule has 2 nitrogen and oxygen atoms in total. The summed E-state index contributed by atoms with van der Waals surface area (Å²) in [6.07, 6.45) is 7.14. The summed E-state index contributed by atoms with van der Waals surface area (Å²) in [6.45, 7) is 2.17. The summed E-state index contributed by atoms with van der Waals surface area (Å²) in [4.78, 5) is 0. The van der Waals surface area contributed by atoms with E-state index in [9.17, 15) is 0 Å². The second kappa shape index (κ2) is 1.97. The highest BCUT2D eigenvalue weighted by atomic mass is 16.5. The van der Waals surface area contributed by atoms with Crippen molar-refractivity contribution >= 4 is 12.2 Å². The van der Waals surface area contributed by atoms with Gasteiger partial charge in [0.25, 0.3) is 0 Å². The van der Waals surface area contributed by atoms with Crippen LogP contribution < -0.4 is 10.6 Å². The Morgan fingerprint density at radius 3 is 3.50 bits per heavy atom. The van der Waals surface area contributed by atoms with Crippen molar-refractivity contribution < 1.29 is 4.52 Å². The predicted octanol–water partition coefficient (Wildman–Crippen LogP) is 0.275. The predicted molar refractivity (Wildman–Crippen MR) is 38.5 cm³/mol. The zero-order chi connectivity index (χ0) is 6.97. The fourth-order valence-electron chi connectivity index (χ4n) is 1.18. The summed E-state index contributed by atoms with van der Waals surface area (Å²) in [5, 5.41) is 4.84. The second-order valence-corrected chi connectivity index (χ2v) is 2.73. The van der Waals surface area contributed by atoms with Gasteiger partial charge in [-0.05, 0) is 18.4 Å². The third-order valence-corrected chi connectivity index (χ3v) is 1.77. The molecule has 0 aliphatic heterocycles. The van der Waals surface area contributed by atoms with Crippen molar-refractivity contribution in [2.45, 2.75) is 13.3 Å². The zero-order valence-electron chi connectivity index (χ0n) is 5.87. The van der Waals surface area contributed by atoms with Gasteiger partial charge >= 0.3 is 0 Å². The van der Waals surface area contributed by atoms with Gasteiger partial charge in [0, 0.05) is 5.22 Å². The van der Waals surface area contributed by atoms with Gasteiger partial charge < -0.3 is 4.52 Å². The van der Waals surface area contributed by atoms with Crippen LogP contribution in [0, 0.1) is 5.92 Å². The second-order valence-electron chi connectivity index (χ2n) is 2.73. The Balaban J connectivity index is 2.73. The van der Waals surface area contributed by atoms with Crippen molar-refractivity contribution in [2.24, 2.45) is 5.92 Å². The first-order chi connectivity index (χ1) is 4.86. The van der Waals surface area contributed by atoms with E-state index in [2.05, 4.69) is 24.2 Å². The van der Waals surface area contributed by atoms with Gasteiger partial charge in [-0.25, -0.2) is 0 Å². The van der Waals surface area contributed by atoms with Gasteiger partial charge in [-0.1, -0.05) is 18.2 Å². The monoisotopic (exact) mass is 135 g/mol. The minimum atomic E-state index is 0.598. The van der Waals surface area contributed by atoms with E-state index < -0.39 is 0 Å². The molecule has 1 aliphatic carbocycles. The lowest BCUT2D eigenvalue weighted by Crippen LogP contribution is -2.23. The van der Waals surface area contributed by atoms with E-state index in [4.69, 9.17) is 4.52 Å². The summed E-state index contributed by atoms with van der Waals surface area (Å²) in [5.41, 5.74) is 0.929. The van der Waals surface area contributed by atoms with Crippen molar-refractivity contribution in [2.75, 3.05) is 0 Å². The molecule has 10 heavy (non-hydrogen) atoms. The molecular formula is C8H9NO. The summed E-state index contributed by atoms with van der Waals surface area (Å²) >= 11 is 0. The average molecular weight is 135 g/mol. The van der Waals surface area contributed by atoms with Crippen LogP contribution in [0.1, 0.15) is 13.3 Å². The van der Waals surface area contributed by atoms with Crippen molar-refractivity contribution in [3.63, 3.8) is 0 Å². The zero-order valence-corrected chi connectivity index (χ0v) is 5.87. The minimum Gasteiger partial charge on any atom is -0.357 e. The lowest BCUT2D eigenvalue weighted by molar-refractivity contribution is 0.391. The molecule has 0 radical (unpaired) electrons. The van der Waals surface area contributed by atoms with Gasteiger partial charge in [0.2, 0.25) is 0 Å². The molecule has 2 heteroatoms. The van der Waals surface area contributed by atoms with Gasteiger partial charge in [0.1, 0.15) is 0 Å². The Labute approximate surface area is 58.8 Å². The van der Waals surface area contributed by atoms with E-state index in [0.29, 0.717) is 5.92 Å². The van der Waals surface area contributed by atoms with Gasteiger partial charge in [-0.3, -0.25) is 0 Å². The van der Waals surface area contributed by atoms with Crippen LogP contribution in [0.15, 0.2) is 10.7 Å². The molecule has 0 saturated heterocycles. The maximum atomic E-state index is 4.99. The topological polar surface area (TPSA) is 26.0 Å². The van der Waals surface area contributed by atoms with Gasteiger partial charge in [0.05, 0.1) is 6.20 Å². The van der Waals surface area contributed by atoms with Crippen LogP contribution in [0.3, 0.4) is 0 Å². The molecule has 0 saturated carbocycles. The molecule has 1 aromatic rings. The molecule has 0 spiro atoms. The molecule has 0 fully saturated rings. The fraction of sp³-hybridized carbons (Fsp3) is 0.375. The molecule has 0 aromatic carbocycles. The number of hydrogen-bond acceptors (Lipinski definition) is 2. The molecule has 1 heterocycles. The molecule has 1 aromatic heterocycles. The smallest absolute Gasteiger partial charge is 0.162 e.